The number of carbonyl (C=O) groups excluding carboxylic acids is 2. The summed E-state index contributed by atoms with van der Waals surface area (Å²) in [5.74, 6) is -3.01. The van der Waals surface area contributed by atoms with E-state index >= 15 is 0 Å². The van der Waals surface area contributed by atoms with E-state index in [0.717, 1.165) is 10.2 Å². The highest BCUT2D eigenvalue weighted by molar-refractivity contribution is 9.10. The normalized spacial score (nSPS) is 19.0. The van der Waals surface area contributed by atoms with Crippen molar-refractivity contribution < 1.29 is 19.5 Å². The van der Waals surface area contributed by atoms with E-state index in [4.69, 9.17) is 5.11 Å². The second-order valence-corrected chi connectivity index (χ2v) is 6.80. The van der Waals surface area contributed by atoms with Gasteiger partial charge in [-0.25, -0.2) is 4.79 Å². The first-order chi connectivity index (χ1) is 10.8. The standard InChI is InChI=1S/C16H19BrN2O4/c1-9(2)13(16(22)23)18-14(20)12-6-7-19(15(12)21)11-5-3-4-10(17)8-11/h3-5,8-9,12-13H,6-7H2,1-2H3,(H,18,20)(H,22,23)/t12?,13-/m0/s1. The maximum absolute atomic E-state index is 12.5. The molecule has 7 heteroatoms. The van der Waals surface area contributed by atoms with E-state index in [-0.39, 0.29) is 11.8 Å². The van der Waals surface area contributed by atoms with Gasteiger partial charge in [-0.05, 0) is 30.5 Å². The van der Waals surface area contributed by atoms with Gasteiger partial charge in [0.2, 0.25) is 11.8 Å². The summed E-state index contributed by atoms with van der Waals surface area (Å²) in [6.07, 6.45) is 0.377. The molecule has 1 aliphatic rings. The summed E-state index contributed by atoms with van der Waals surface area (Å²) < 4.78 is 0.849. The van der Waals surface area contributed by atoms with E-state index in [0.29, 0.717) is 13.0 Å². The first-order valence-corrected chi connectivity index (χ1v) is 8.20. The van der Waals surface area contributed by atoms with Gasteiger partial charge in [-0.15, -0.1) is 0 Å². The lowest BCUT2D eigenvalue weighted by molar-refractivity contribution is -0.144. The van der Waals surface area contributed by atoms with E-state index in [1.54, 1.807) is 24.8 Å². The van der Waals surface area contributed by atoms with E-state index in [9.17, 15) is 14.4 Å². The fourth-order valence-corrected chi connectivity index (χ4v) is 2.98. The molecule has 6 nitrogen and oxygen atoms in total. The molecule has 2 amide bonds. The van der Waals surface area contributed by atoms with E-state index < -0.39 is 23.8 Å². The van der Waals surface area contributed by atoms with E-state index in [1.165, 1.54) is 0 Å². The minimum absolute atomic E-state index is 0.255. The number of benzene rings is 1. The third-order valence-corrected chi connectivity index (χ3v) is 4.37. The van der Waals surface area contributed by atoms with Crippen LogP contribution in [0.4, 0.5) is 5.69 Å². The Labute approximate surface area is 143 Å². The van der Waals surface area contributed by atoms with Gasteiger partial charge in [0, 0.05) is 16.7 Å². The second kappa shape index (κ2) is 7.12. The molecule has 2 rings (SSSR count). The Hall–Kier alpha value is -1.89. The van der Waals surface area contributed by atoms with Crippen molar-refractivity contribution >= 4 is 39.4 Å². The molecule has 0 aliphatic carbocycles. The Bertz CT molecular complexity index is 632. The number of aliphatic carboxylic acids is 1. The Morgan fingerprint density at radius 2 is 2.09 bits per heavy atom. The molecule has 0 spiro atoms. The lowest BCUT2D eigenvalue weighted by atomic mass is 10.0. The molecule has 1 fully saturated rings. The average molecular weight is 383 g/mol. The highest BCUT2D eigenvalue weighted by atomic mass is 79.9. The molecule has 1 aliphatic heterocycles. The molecule has 0 bridgehead atoms. The number of nitrogens with one attached hydrogen (secondary N) is 1. The van der Waals surface area contributed by atoms with E-state index in [1.807, 2.05) is 18.2 Å². The van der Waals surface area contributed by atoms with Crippen LogP contribution in [0.3, 0.4) is 0 Å². The summed E-state index contributed by atoms with van der Waals surface area (Å²) in [4.78, 5) is 37.5. The molecule has 1 heterocycles. The number of anilines is 1. The predicted molar refractivity (Wildman–Crippen MR) is 89.0 cm³/mol. The van der Waals surface area contributed by atoms with Crippen molar-refractivity contribution in [3.63, 3.8) is 0 Å². The largest absolute Gasteiger partial charge is 0.480 e. The summed E-state index contributed by atoms with van der Waals surface area (Å²) in [6.45, 7) is 3.86. The van der Waals surface area contributed by atoms with Crippen molar-refractivity contribution in [1.82, 2.24) is 5.32 Å². The molecule has 2 N–H and O–H groups in total. The van der Waals surface area contributed by atoms with Gasteiger partial charge in [0.25, 0.3) is 0 Å². The topological polar surface area (TPSA) is 86.7 Å². The first kappa shape index (κ1) is 17.5. The van der Waals surface area contributed by atoms with Crippen LogP contribution in [-0.4, -0.2) is 35.5 Å². The lowest BCUT2D eigenvalue weighted by Crippen LogP contribution is -2.48. The maximum Gasteiger partial charge on any atom is 0.326 e. The minimum Gasteiger partial charge on any atom is -0.480 e. The van der Waals surface area contributed by atoms with E-state index in [2.05, 4.69) is 21.2 Å². The van der Waals surface area contributed by atoms with Crippen LogP contribution in [-0.2, 0) is 14.4 Å². The second-order valence-electron chi connectivity index (χ2n) is 5.88. The fourth-order valence-electron chi connectivity index (χ4n) is 2.59. The predicted octanol–water partition coefficient (Wildman–Crippen LogP) is 2.03. The molecule has 0 aromatic heterocycles. The van der Waals surface area contributed by atoms with Crippen LogP contribution in [0, 0.1) is 11.8 Å². The zero-order valence-electron chi connectivity index (χ0n) is 13.0. The van der Waals surface area contributed by atoms with Crippen LogP contribution in [0.25, 0.3) is 0 Å². The highest BCUT2D eigenvalue weighted by Gasteiger charge is 2.39. The molecule has 2 atom stereocenters. The van der Waals surface area contributed by atoms with Crippen LogP contribution in [0.15, 0.2) is 28.7 Å². The van der Waals surface area contributed by atoms with Gasteiger partial charge in [0.1, 0.15) is 12.0 Å². The van der Waals surface area contributed by atoms with Crippen LogP contribution < -0.4 is 10.2 Å². The first-order valence-electron chi connectivity index (χ1n) is 7.41. The van der Waals surface area contributed by atoms with Crippen molar-refractivity contribution in [2.45, 2.75) is 26.3 Å². The molecule has 0 radical (unpaired) electrons. The molecular formula is C16H19BrN2O4. The third kappa shape index (κ3) is 3.90. The summed E-state index contributed by atoms with van der Waals surface area (Å²) in [7, 11) is 0. The van der Waals surface area contributed by atoms with Crippen molar-refractivity contribution in [2.24, 2.45) is 11.8 Å². The number of nitrogens with zero attached hydrogens (tertiary/aromatic N) is 1. The van der Waals surface area contributed by atoms with Gasteiger partial charge in [-0.3, -0.25) is 9.59 Å². The van der Waals surface area contributed by atoms with Crippen molar-refractivity contribution in [2.75, 3.05) is 11.4 Å². The Morgan fingerprint density at radius 1 is 1.39 bits per heavy atom. The zero-order valence-corrected chi connectivity index (χ0v) is 14.5. The van der Waals surface area contributed by atoms with Crippen LogP contribution in [0.2, 0.25) is 0 Å². The molecule has 0 saturated carbocycles. The Balaban J connectivity index is 2.09. The highest BCUT2D eigenvalue weighted by Crippen LogP contribution is 2.27. The Kier molecular flexibility index (Phi) is 5.41. The quantitative estimate of drug-likeness (QED) is 0.762. The molecule has 124 valence electrons. The molecule has 1 unspecified atom stereocenters. The maximum atomic E-state index is 12.5. The summed E-state index contributed by atoms with van der Waals surface area (Å²) in [5, 5.41) is 11.6. The van der Waals surface area contributed by atoms with Crippen LogP contribution in [0.1, 0.15) is 20.3 Å². The fraction of sp³-hybridized carbons (Fsp3) is 0.438. The summed E-state index contributed by atoms with van der Waals surface area (Å²) in [6, 6.07) is 6.30. The van der Waals surface area contributed by atoms with Crippen LogP contribution >= 0.6 is 15.9 Å². The number of hydrogen-bond donors (Lipinski definition) is 2. The SMILES string of the molecule is CC(C)[C@H](NC(=O)C1CCN(c2cccc(Br)c2)C1=O)C(=O)O. The van der Waals surface area contributed by atoms with Crippen LogP contribution in [0.5, 0.6) is 0 Å². The number of carboxylic acids is 1. The number of rotatable bonds is 5. The summed E-state index contributed by atoms with van der Waals surface area (Å²) >= 11 is 3.36. The number of halogens is 1. The van der Waals surface area contributed by atoms with Gasteiger partial charge in [0.05, 0.1) is 0 Å². The lowest BCUT2D eigenvalue weighted by Gasteiger charge is -2.20. The van der Waals surface area contributed by atoms with Gasteiger partial charge in [0.15, 0.2) is 0 Å². The molecule has 1 aromatic rings. The molecule has 1 aromatic carbocycles. The molecular weight excluding hydrogens is 364 g/mol. The number of hydrogen-bond acceptors (Lipinski definition) is 3. The number of amides is 2. The van der Waals surface area contributed by atoms with Gasteiger partial charge >= 0.3 is 5.97 Å². The zero-order chi connectivity index (χ0) is 17.1. The minimum atomic E-state index is -1.09. The Morgan fingerprint density at radius 3 is 2.65 bits per heavy atom. The monoisotopic (exact) mass is 382 g/mol. The third-order valence-electron chi connectivity index (χ3n) is 3.87. The number of carbonyl (C=O) groups is 3. The molecule has 1 saturated heterocycles. The molecule has 23 heavy (non-hydrogen) atoms. The van der Waals surface area contributed by atoms with Crippen molar-refractivity contribution in [3.05, 3.63) is 28.7 Å². The average Bonchev–Trinajstić information content (AvgIpc) is 2.85. The van der Waals surface area contributed by atoms with Gasteiger partial charge < -0.3 is 15.3 Å². The van der Waals surface area contributed by atoms with Crippen molar-refractivity contribution in [1.29, 1.82) is 0 Å². The number of carboxylic acid groups (broad SMARTS) is 1. The van der Waals surface area contributed by atoms with Crippen molar-refractivity contribution in [3.8, 4) is 0 Å². The van der Waals surface area contributed by atoms with Gasteiger partial charge in [-0.2, -0.15) is 0 Å². The van der Waals surface area contributed by atoms with Gasteiger partial charge in [-0.1, -0.05) is 35.8 Å². The summed E-state index contributed by atoms with van der Waals surface area (Å²) in [5.41, 5.74) is 0.721. The smallest absolute Gasteiger partial charge is 0.326 e.